The first-order valence-electron chi connectivity index (χ1n) is 6.34. The van der Waals surface area contributed by atoms with Crippen molar-refractivity contribution in [1.29, 1.82) is 0 Å². The van der Waals surface area contributed by atoms with Crippen molar-refractivity contribution >= 4 is 18.1 Å². The molecule has 1 fully saturated rings. The van der Waals surface area contributed by atoms with E-state index < -0.39 is 11.8 Å². The Balaban J connectivity index is 1.93. The number of primary amides is 1. The molecule has 0 spiro atoms. The summed E-state index contributed by atoms with van der Waals surface area (Å²) >= 11 is 0. The number of amides is 2. The average Bonchev–Trinajstić information content (AvgIpc) is 2.48. The molecule has 1 heterocycles. The molecular weight excluding hydrogens is 260 g/mol. The number of hydrogen-bond acceptors (Lipinski definition) is 4. The van der Waals surface area contributed by atoms with Gasteiger partial charge in [-0.25, -0.2) is 0 Å². The number of hydrogen-bond donors (Lipinski definition) is 1. The molecule has 20 heavy (non-hydrogen) atoms. The second-order valence-corrected chi connectivity index (χ2v) is 4.57. The Hall–Kier alpha value is -2.37. The number of likely N-dealkylation sites (tertiary alicyclic amines) is 1. The first-order chi connectivity index (χ1) is 9.61. The van der Waals surface area contributed by atoms with Crippen molar-refractivity contribution in [3.63, 3.8) is 0 Å². The molecule has 0 atom stereocenters. The topological polar surface area (TPSA) is 89.7 Å². The zero-order chi connectivity index (χ0) is 14.5. The average molecular weight is 275 g/mol. The van der Waals surface area contributed by atoms with Gasteiger partial charge in [0.2, 0.25) is 6.29 Å². The summed E-state index contributed by atoms with van der Waals surface area (Å²) in [6, 6.07) is 6.86. The van der Waals surface area contributed by atoms with Crippen molar-refractivity contribution in [2.75, 3.05) is 13.1 Å². The van der Waals surface area contributed by atoms with Crippen molar-refractivity contribution < 1.29 is 19.1 Å². The van der Waals surface area contributed by atoms with Crippen molar-refractivity contribution in [1.82, 2.24) is 4.90 Å². The number of rotatable bonds is 3. The van der Waals surface area contributed by atoms with Gasteiger partial charge in [0.05, 0.1) is 5.56 Å². The van der Waals surface area contributed by atoms with Gasteiger partial charge in [-0.1, -0.05) is 12.1 Å². The molecule has 2 rings (SSSR count). The number of ether oxygens (including phenoxy) is 1. The Kier molecular flexibility index (Phi) is 4.34. The lowest BCUT2D eigenvalue weighted by atomic mass is 10.1. The monoisotopic (exact) mass is 275 g/mol. The molecule has 1 aliphatic rings. The Morgan fingerprint density at radius 1 is 1.25 bits per heavy atom. The van der Waals surface area contributed by atoms with Crippen LogP contribution in [0.25, 0.3) is 0 Å². The van der Waals surface area contributed by atoms with E-state index in [2.05, 4.69) is 0 Å². The van der Waals surface area contributed by atoms with Gasteiger partial charge in [-0.2, -0.15) is 0 Å². The summed E-state index contributed by atoms with van der Waals surface area (Å²) in [4.78, 5) is 34.4. The van der Waals surface area contributed by atoms with E-state index in [0.29, 0.717) is 37.2 Å². The predicted octanol–water partition coefficient (Wildman–Crippen LogP) is -0.000500. The van der Waals surface area contributed by atoms with Gasteiger partial charge in [0.25, 0.3) is 0 Å². The third-order valence-corrected chi connectivity index (χ3v) is 3.23. The molecule has 6 nitrogen and oxygen atoms in total. The van der Waals surface area contributed by atoms with E-state index in [1.165, 1.54) is 4.90 Å². The van der Waals surface area contributed by atoms with Gasteiger partial charge in [0, 0.05) is 25.9 Å². The molecule has 2 N–H and O–H groups in total. The lowest BCUT2D eigenvalue weighted by Crippen LogP contribution is -2.46. The largest absolute Gasteiger partial charge is 0.490 e. The number of piperidine rings is 1. The minimum Gasteiger partial charge on any atom is -0.490 e. The Morgan fingerprint density at radius 2 is 1.90 bits per heavy atom. The highest BCUT2D eigenvalue weighted by Gasteiger charge is 2.26. The number of nitrogens with zero attached hydrogens (tertiary/aromatic N) is 1. The summed E-state index contributed by atoms with van der Waals surface area (Å²) in [6.45, 7) is 0.832. The number of para-hydroxylation sites is 1. The first kappa shape index (κ1) is 14.0. The van der Waals surface area contributed by atoms with Crippen molar-refractivity contribution in [2.45, 2.75) is 18.9 Å². The fourth-order valence-corrected chi connectivity index (χ4v) is 2.17. The fourth-order valence-electron chi connectivity index (χ4n) is 2.17. The zero-order valence-corrected chi connectivity index (χ0v) is 10.9. The lowest BCUT2D eigenvalue weighted by molar-refractivity contribution is -0.145. The summed E-state index contributed by atoms with van der Waals surface area (Å²) in [5.74, 6) is -1.11. The number of nitrogens with two attached hydrogens (primary N) is 1. The van der Waals surface area contributed by atoms with Gasteiger partial charge in [-0.05, 0) is 12.1 Å². The van der Waals surface area contributed by atoms with Crippen LogP contribution in [0.15, 0.2) is 24.3 Å². The van der Waals surface area contributed by atoms with E-state index in [1.807, 2.05) is 6.29 Å². The van der Waals surface area contributed by atoms with Crippen LogP contribution < -0.4 is 10.5 Å². The first-order valence-corrected chi connectivity index (χ1v) is 6.34. The highest BCUT2D eigenvalue weighted by molar-refractivity contribution is 6.34. The molecule has 1 saturated heterocycles. The maximum Gasteiger partial charge on any atom is 0.311 e. The van der Waals surface area contributed by atoms with E-state index in [0.717, 1.165) is 0 Å². The quantitative estimate of drug-likeness (QED) is 0.786. The van der Waals surface area contributed by atoms with Gasteiger partial charge in [-0.15, -0.1) is 0 Å². The van der Waals surface area contributed by atoms with Gasteiger partial charge >= 0.3 is 11.8 Å². The smallest absolute Gasteiger partial charge is 0.311 e. The summed E-state index contributed by atoms with van der Waals surface area (Å²) in [6.07, 6.45) is 2.91. The summed E-state index contributed by atoms with van der Waals surface area (Å²) in [7, 11) is 0. The second-order valence-electron chi connectivity index (χ2n) is 4.57. The molecule has 2 amide bonds. The van der Waals surface area contributed by atoms with Crippen LogP contribution in [0, 0.1) is 0 Å². The van der Waals surface area contributed by atoms with Crippen LogP contribution in [-0.4, -0.2) is 42.2 Å². The molecule has 0 aliphatic carbocycles. The zero-order valence-electron chi connectivity index (χ0n) is 10.9. The minimum absolute atomic E-state index is 0.0959. The van der Waals surface area contributed by atoms with Gasteiger partial charge in [-0.3, -0.25) is 14.4 Å². The molecule has 0 bridgehead atoms. The Labute approximate surface area is 116 Å². The van der Waals surface area contributed by atoms with Crippen LogP contribution in [0.3, 0.4) is 0 Å². The maximum atomic E-state index is 11.4. The predicted molar refractivity (Wildman–Crippen MR) is 70.7 cm³/mol. The van der Waals surface area contributed by atoms with E-state index in [4.69, 9.17) is 10.5 Å². The van der Waals surface area contributed by atoms with E-state index >= 15 is 0 Å². The molecule has 0 aromatic heterocycles. The molecule has 0 unspecified atom stereocenters. The maximum absolute atomic E-state index is 11.4. The lowest BCUT2D eigenvalue weighted by Gasteiger charge is -2.31. The fraction of sp³-hybridized carbons (Fsp3) is 0.357. The van der Waals surface area contributed by atoms with Crippen LogP contribution in [-0.2, 0) is 14.4 Å². The van der Waals surface area contributed by atoms with Crippen LogP contribution in [0.4, 0.5) is 0 Å². The van der Waals surface area contributed by atoms with Gasteiger partial charge < -0.3 is 15.4 Å². The molecule has 1 aromatic carbocycles. The van der Waals surface area contributed by atoms with Crippen LogP contribution >= 0.6 is 0 Å². The summed E-state index contributed by atoms with van der Waals surface area (Å²) in [5, 5.41) is 0. The Bertz CT molecular complexity index is 522. The molecule has 1 aromatic rings. The SMILES string of the molecule is NC(=O)C(=O)N1CCC(Oc2ccccc2[C]=O)CC1. The number of carbonyl (C=O) groups is 2. The van der Waals surface area contributed by atoms with E-state index in [-0.39, 0.29) is 6.10 Å². The van der Waals surface area contributed by atoms with Crippen molar-refractivity contribution in [3.8, 4) is 5.75 Å². The molecule has 6 heteroatoms. The van der Waals surface area contributed by atoms with E-state index in [1.54, 1.807) is 24.3 Å². The molecular formula is C14H15N2O4. The second kappa shape index (κ2) is 6.18. The third kappa shape index (κ3) is 3.14. The van der Waals surface area contributed by atoms with Crippen LogP contribution in [0.1, 0.15) is 18.4 Å². The molecule has 1 aliphatic heterocycles. The molecule has 0 saturated carbocycles. The van der Waals surface area contributed by atoms with Gasteiger partial charge in [0.15, 0.2) is 0 Å². The third-order valence-electron chi connectivity index (χ3n) is 3.23. The standard InChI is InChI=1S/C14H15N2O4/c15-13(18)14(19)16-7-5-11(6-8-16)20-12-4-2-1-3-10(12)9-17/h1-4,11H,5-8H2,(H2,15,18). The molecule has 105 valence electrons. The van der Waals surface area contributed by atoms with E-state index in [9.17, 15) is 14.4 Å². The van der Waals surface area contributed by atoms with Gasteiger partial charge in [0.1, 0.15) is 11.9 Å². The van der Waals surface area contributed by atoms with Crippen molar-refractivity contribution in [3.05, 3.63) is 29.8 Å². The van der Waals surface area contributed by atoms with Crippen molar-refractivity contribution in [2.24, 2.45) is 5.73 Å². The van der Waals surface area contributed by atoms with Crippen LogP contribution in [0.2, 0.25) is 0 Å². The Morgan fingerprint density at radius 3 is 2.50 bits per heavy atom. The number of benzene rings is 1. The summed E-state index contributed by atoms with van der Waals surface area (Å²) in [5.41, 5.74) is 5.34. The highest BCUT2D eigenvalue weighted by Crippen LogP contribution is 2.21. The molecule has 1 radical (unpaired) electrons. The van der Waals surface area contributed by atoms with Crippen LogP contribution in [0.5, 0.6) is 5.75 Å². The minimum atomic E-state index is -0.940. The summed E-state index contributed by atoms with van der Waals surface area (Å²) < 4.78 is 5.75. The number of carbonyl (C=O) groups excluding carboxylic acids is 3. The highest BCUT2D eigenvalue weighted by atomic mass is 16.5. The normalized spacial score (nSPS) is 15.7.